The highest BCUT2D eigenvalue weighted by molar-refractivity contribution is 5.67. The van der Waals surface area contributed by atoms with Gasteiger partial charge >= 0.3 is 5.97 Å². The molecular formula is C10H18O2. The monoisotopic (exact) mass is 170 g/mol. The molecule has 1 atom stereocenters. The Morgan fingerprint density at radius 1 is 1.50 bits per heavy atom. The maximum absolute atomic E-state index is 10.6. The Morgan fingerprint density at radius 3 is 2.67 bits per heavy atom. The molecule has 1 fully saturated rings. The lowest BCUT2D eigenvalue weighted by Gasteiger charge is -2.37. The molecule has 1 N–H and O–H groups in total. The molecule has 0 aromatic heterocycles. The Hall–Kier alpha value is -0.530. The highest BCUT2D eigenvalue weighted by Crippen LogP contribution is 2.42. The van der Waals surface area contributed by atoms with E-state index < -0.39 is 5.97 Å². The van der Waals surface area contributed by atoms with Gasteiger partial charge in [0.05, 0.1) is 0 Å². The highest BCUT2D eigenvalue weighted by Gasteiger charge is 2.33. The van der Waals surface area contributed by atoms with Crippen LogP contribution in [0.2, 0.25) is 0 Å². The Kier molecular flexibility index (Phi) is 2.76. The van der Waals surface area contributed by atoms with E-state index in [1.807, 2.05) is 0 Å². The van der Waals surface area contributed by atoms with Crippen molar-refractivity contribution in [2.24, 2.45) is 11.3 Å². The lowest BCUT2D eigenvalue weighted by molar-refractivity contribution is -0.139. The molecule has 1 aliphatic rings. The van der Waals surface area contributed by atoms with Gasteiger partial charge in [-0.25, -0.2) is 0 Å². The van der Waals surface area contributed by atoms with Gasteiger partial charge < -0.3 is 5.11 Å². The van der Waals surface area contributed by atoms with Crippen molar-refractivity contribution in [3.05, 3.63) is 0 Å². The van der Waals surface area contributed by atoms with E-state index in [2.05, 4.69) is 13.8 Å². The third-order valence-corrected chi connectivity index (χ3v) is 3.15. The molecule has 0 aromatic rings. The van der Waals surface area contributed by atoms with Crippen LogP contribution in [0.5, 0.6) is 0 Å². The second-order valence-electron chi connectivity index (χ2n) is 4.53. The van der Waals surface area contributed by atoms with Gasteiger partial charge in [0, 0.05) is 6.42 Å². The van der Waals surface area contributed by atoms with Crippen molar-refractivity contribution < 1.29 is 9.90 Å². The second-order valence-corrected chi connectivity index (χ2v) is 4.53. The molecule has 0 saturated heterocycles. The van der Waals surface area contributed by atoms with Gasteiger partial charge in [0.1, 0.15) is 0 Å². The van der Waals surface area contributed by atoms with Gasteiger partial charge in [-0.2, -0.15) is 0 Å². The average molecular weight is 170 g/mol. The molecule has 1 rings (SSSR count). The van der Waals surface area contributed by atoms with Crippen molar-refractivity contribution in [3.8, 4) is 0 Å². The quantitative estimate of drug-likeness (QED) is 0.691. The van der Waals surface area contributed by atoms with Crippen LogP contribution in [-0.2, 0) is 4.79 Å². The summed E-state index contributed by atoms with van der Waals surface area (Å²) < 4.78 is 0. The Morgan fingerprint density at radius 2 is 2.17 bits per heavy atom. The van der Waals surface area contributed by atoms with Gasteiger partial charge in [0.25, 0.3) is 0 Å². The molecule has 0 amide bonds. The van der Waals surface area contributed by atoms with E-state index in [1.54, 1.807) is 0 Å². The first-order valence-electron chi connectivity index (χ1n) is 4.74. The molecule has 0 bridgehead atoms. The van der Waals surface area contributed by atoms with Crippen LogP contribution in [-0.4, -0.2) is 11.1 Å². The topological polar surface area (TPSA) is 37.3 Å². The smallest absolute Gasteiger partial charge is 0.303 e. The Balaban J connectivity index is 2.54. The SMILES string of the molecule is CC1(C)CCCC[C@@H]1CC(=O)O. The van der Waals surface area contributed by atoms with E-state index in [-0.39, 0.29) is 5.41 Å². The molecule has 0 unspecified atom stereocenters. The van der Waals surface area contributed by atoms with E-state index in [0.29, 0.717) is 12.3 Å². The van der Waals surface area contributed by atoms with Crippen LogP contribution < -0.4 is 0 Å². The first-order chi connectivity index (χ1) is 5.52. The van der Waals surface area contributed by atoms with Gasteiger partial charge in [-0.3, -0.25) is 4.79 Å². The zero-order valence-corrected chi connectivity index (χ0v) is 7.97. The number of rotatable bonds is 2. The number of hydrogen-bond donors (Lipinski definition) is 1. The number of carboxylic acids is 1. The van der Waals surface area contributed by atoms with Crippen molar-refractivity contribution in [1.82, 2.24) is 0 Å². The molecule has 70 valence electrons. The summed E-state index contributed by atoms with van der Waals surface area (Å²) in [6.45, 7) is 4.39. The van der Waals surface area contributed by atoms with Crippen molar-refractivity contribution in [2.45, 2.75) is 46.0 Å². The van der Waals surface area contributed by atoms with E-state index in [9.17, 15) is 4.79 Å². The molecule has 2 nitrogen and oxygen atoms in total. The summed E-state index contributed by atoms with van der Waals surface area (Å²) in [4.78, 5) is 10.6. The minimum atomic E-state index is -0.644. The molecule has 0 aromatic carbocycles. The number of aliphatic carboxylic acids is 1. The van der Waals surface area contributed by atoms with Crippen LogP contribution in [0.25, 0.3) is 0 Å². The normalized spacial score (nSPS) is 28.3. The lowest BCUT2D eigenvalue weighted by Crippen LogP contribution is -2.29. The zero-order valence-electron chi connectivity index (χ0n) is 7.97. The fraction of sp³-hybridized carbons (Fsp3) is 0.900. The third kappa shape index (κ3) is 2.23. The Labute approximate surface area is 74.0 Å². The van der Waals surface area contributed by atoms with Crippen molar-refractivity contribution in [2.75, 3.05) is 0 Å². The summed E-state index contributed by atoms with van der Waals surface area (Å²) >= 11 is 0. The molecule has 1 aliphatic carbocycles. The maximum Gasteiger partial charge on any atom is 0.303 e. The van der Waals surface area contributed by atoms with E-state index in [0.717, 1.165) is 6.42 Å². The largest absolute Gasteiger partial charge is 0.481 e. The minimum Gasteiger partial charge on any atom is -0.481 e. The fourth-order valence-corrected chi connectivity index (χ4v) is 2.16. The van der Waals surface area contributed by atoms with Gasteiger partial charge in [-0.05, 0) is 24.2 Å². The minimum absolute atomic E-state index is 0.247. The van der Waals surface area contributed by atoms with Crippen LogP contribution >= 0.6 is 0 Å². The standard InChI is InChI=1S/C10H18O2/c1-10(2)6-4-3-5-8(10)7-9(11)12/h8H,3-7H2,1-2H3,(H,11,12)/t8-/m1/s1. The van der Waals surface area contributed by atoms with E-state index >= 15 is 0 Å². The zero-order chi connectivity index (χ0) is 9.19. The van der Waals surface area contributed by atoms with Crippen LogP contribution in [0.15, 0.2) is 0 Å². The molecule has 1 saturated carbocycles. The van der Waals surface area contributed by atoms with Gasteiger partial charge in [0.2, 0.25) is 0 Å². The van der Waals surface area contributed by atoms with Crippen LogP contribution in [0.3, 0.4) is 0 Å². The highest BCUT2D eigenvalue weighted by atomic mass is 16.4. The first-order valence-corrected chi connectivity index (χ1v) is 4.74. The summed E-state index contributed by atoms with van der Waals surface area (Å²) in [6, 6.07) is 0. The van der Waals surface area contributed by atoms with Crippen LogP contribution in [0, 0.1) is 11.3 Å². The second kappa shape index (κ2) is 3.46. The summed E-state index contributed by atoms with van der Waals surface area (Å²) in [6.07, 6.45) is 5.11. The van der Waals surface area contributed by atoms with Crippen LogP contribution in [0.4, 0.5) is 0 Å². The first kappa shape index (κ1) is 9.56. The molecule has 0 aliphatic heterocycles. The van der Waals surface area contributed by atoms with E-state index in [1.165, 1.54) is 19.3 Å². The van der Waals surface area contributed by atoms with E-state index in [4.69, 9.17) is 5.11 Å². The third-order valence-electron chi connectivity index (χ3n) is 3.15. The van der Waals surface area contributed by atoms with Gasteiger partial charge in [-0.15, -0.1) is 0 Å². The predicted molar refractivity (Wildman–Crippen MR) is 48.0 cm³/mol. The number of carbonyl (C=O) groups is 1. The van der Waals surface area contributed by atoms with Gasteiger partial charge in [0.15, 0.2) is 0 Å². The van der Waals surface area contributed by atoms with Crippen molar-refractivity contribution in [1.29, 1.82) is 0 Å². The lowest BCUT2D eigenvalue weighted by atomic mass is 9.68. The number of carboxylic acid groups (broad SMARTS) is 1. The average Bonchev–Trinajstić information content (AvgIpc) is 1.92. The molecular weight excluding hydrogens is 152 g/mol. The Bertz CT molecular complexity index is 173. The van der Waals surface area contributed by atoms with Crippen LogP contribution in [0.1, 0.15) is 46.0 Å². The molecule has 0 spiro atoms. The van der Waals surface area contributed by atoms with Gasteiger partial charge in [-0.1, -0.05) is 26.7 Å². The number of hydrogen-bond acceptors (Lipinski definition) is 1. The fourth-order valence-electron chi connectivity index (χ4n) is 2.16. The molecule has 12 heavy (non-hydrogen) atoms. The van der Waals surface area contributed by atoms with Crippen molar-refractivity contribution in [3.63, 3.8) is 0 Å². The summed E-state index contributed by atoms with van der Waals surface area (Å²) in [5.41, 5.74) is 0.247. The molecule has 0 heterocycles. The molecule has 0 radical (unpaired) electrons. The van der Waals surface area contributed by atoms with Crippen molar-refractivity contribution >= 4 is 5.97 Å². The maximum atomic E-state index is 10.6. The summed E-state index contributed by atoms with van der Waals surface area (Å²) in [7, 11) is 0. The summed E-state index contributed by atoms with van der Waals surface area (Å²) in [5.74, 6) is -0.251. The molecule has 2 heteroatoms. The predicted octanol–water partition coefficient (Wildman–Crippen LogP) is 2.68. The summed E-state index contributed by atoms with van der Waals surface area (Å²) in [5, 5.41) is 8.70.